The van der Waals surface area contributed by atoms with Gasteiger partial charge in [0.2, 0.25) is 21.8 Å². The van der Waals surface area contributed by atoms with E-state index >= 15 is 0 Å². The molecule has 1 aliphatic rings. The lowest BCUT2D eigenvalue weighted by atomic mass is 9.95. The van der Waals surface area contributed by atoms with Crippen LogP contribution < -0.4 is 10.5 Å². The average molecular weight is 490 g/mol. The SMILES string of the molecule is NS(=O)(=O)c1ccc(CCNC(=O)CSc2nnc(-c3ccco3)n2C2CCCCC2)cc1. The second-order valence-corrected chi connectivity index (χ2v) is 10.5. The fraction of sp³-hybridized carbons (Fsp3) is 0.409. The van der Waals surface area contributed by atoms with Crippen LogP contribution in [0.3, 0.4) is 0 Å². The molecule has 4 rings (SSSR count). The van der Waals surface area contributed by atoms with E-state index in [9.17, 15) is 13.2 Å². The molecule has 1 aromatic carbocycles. The van der Waals surface area contributed by atoms with E-state index in [-0.39, 0.29) is 16.6 Å². The fourth-order valence-corrected chi connectivity index (χ4v) is 5.34. The highest BCUT2D eigenvalue weighted by Crippen LogP contribution is 2.35. The topological polar surface area (TPSA) is 133 Å². The minimum absolute atomic E-state index is 0.0719. The number of primary sulfonamides is 1. The Bertz CT molecular complexity index is 1170. The lowest BCUT2D eigenvalue weighted by Gasteiger charge is -2.25. The highest BCUT2D eigenvalue weighted by atomic mass is 32.2. The average Bonchev–Trinajstić information content (AvgIpc) is 3.48. The Morgan fingerprint density at radius 3 is 2.58 bits per heavy atom. The monoisotopic (exact) mass is 489 g/mol. The van der Waals surface area contributed by atoms with Crippen molar-refractivity contribution in [2.45, 2.75) is 54.6 Å². The summed E-state index contributed by atoms with van der Waals surface area (Å²) in [4.78, 5) is 12.5. The van der Waals surface area contributed by atoms with Gasteiger partial charge < -0.3 is 9.73 Å². The van der Waals surface area contributed by atoms with Crippen LogP contribution in [0.4, 0.5) is 0 Å². The molecule has 0 radical (unpaired) electrons. The molecule has 2 aromatic heterocycles. The van der Waals surface area contributed by atoms with Crippen molar-refractivity contribution in [3.63, 3.8) is 0 Å². The molecule has 3 aromatic rings. The highest BCUT2D eigenvalue weighted by Gasteiger charge is 2.25. The van der Waals surface area contributed by atoms with E-state index in [0.717, 1.165) is 23.6 Å². The Balaban J connectivity index is 1.33. The summed E-state index contributed by atoms with van der Waals surface area (Å²) in [7, 11) is -3.70. The minimum Gasteiger partial charge on any atom is -0.461 e. The second-order valence-electron chi connectivity index (χ2n) is 8.02. The maximum Gasteiger partial charge on any atom is 0.238 e. The van der Waals surface area contributed by atoms with Crippen molar-refractivity contribution in [1.29, 1.82) is 0 Å². The van der Waals surface area contributed by atoms with E-state index in [1.54, 1.807) is 18.4 Å². The van der Waals surface area contributed by atoms with Crippen LogP contribution in [0.25, 0.3) is 11.6 Å². The number of nitrogens with one attached hydrogen (secondary N) is 1. The van der Waals surface area contributed by atoms with Crippen LogP contribution in [0.5, 0.6) is 0 Å². The standard InChI is InChI=1S/C22H27N5O4S2/c23-33(29,30)18-10-8-16(9-11-18)12-13-24-20(28)15-32-22-26-25-21(19-7-4-14-31-19)27(22)17-5-2-1-3-6-17/h4,7-11,14,17H,1-3,5-6,12-13,15H2,(H,24,28)(H2,23,29,30). The molecule has 2 heterocycles. The van der Waals surface area contributed by atoms with Crippen molar-refractivity contribution in [1.82, 2.24) is 20.1 Å². The number of amides is 1. The zero-order valence-electron chi connectivity index (χ0n) is 18.1. The molecule has 0 aliphatic heterocycles. The quantitative estimate of drug-likeness (QED) is 0.441. The number of thioether (sulfide) groups is 1. The van der Waals surface area contributed by atoms with Gasteiger partial charge in [-0.3, -0.25) is 9.36 Å². The molecule has 1 fully saturated rings. The van der Waals surface area contributed by atoms with Gasteiger partial charge in [0.1, 0.15) is 0 Å². The Kier molecular flexibility index (Phi) is 7.51. The van der Waals surface area contributed by atoms with Gasteiger partial charge in [-0.15, -0.1) is 10.2 Å². The van der Waals surface area contributed by atoms with E-state index in [4.69, 9.17) is 9.56 Å². The Labute approximate surface area is 197 Å². The van der Waals surface area contributed by atoms with Crippen LogP contribution in [0, 0.1) is 0 Å². The summed E-state index contributed by atoms with van der Waals surface area (Å²) in [6.07, 6.45) is 7.92. The molecule has 33 heavy (non-hydrogen) atoms. The van der Waals surface area contributed by atoms with Crippen LogP contribution in [-0.4, -0.2) is 41.4 Å². The summed E-state index contributed by atoms with van der Waals surface area (Å²) >= 11 is 1.37. The number of carbonyl (C=O) groups excluding carboxylic acids is 1. The third-order valence-corrected chi connectivity index (χ3v) is 7.54. The number of aromatic nitrogens is 3. The lowest BCUT2D eigenvalue weighted by molar-refractivity contribution is -0.118. The van der Waals surface area contributed by atoms with Crippen LogP contribution in [0.2, 0.25) is 0 Å². The Morgan fingerprint density at radius 1 is 1.15 bits per heavy atom. The molecule has 0 saturated heterocycles. The molecule has 11 heteroatoms. The summed E-state index contributed by atoms with van der Waals surface area (Å²) in [6, 6.07) is 10.3. The molecule has 176 valence electrons. The first-order chi connectivity index (χ1) is 15.9. The summed E-state index contributed by atoms with van der Waals surface area (Å²) in [6.45, 7) is 0.446. The first-order valence-corrected chi connectivity index (χ1v) is 13.4. The van der Waals surface area contributed by atoms with Crippen LogP contribution in [0.1, 0.15) is 43.7 Å². The van der Waals surface area contributed by atoms with Crippen molar-refractivity contribution in [3.8, 4) is 11.6 Å². The number of carbonyl (C=O) groups is 1. The van der Waals surface area contributed by atoms with Crippen molar-refractivity contribution >= 4 is 27.7 Å². The number of nitrogens with two attached hydrogens (primary N) is 1. The highest BCUT2D eigenvalue weighted by molar-refractivity contribution is 7.99. The second kappa shape index (κ2) is 10.5. The van der Waals surface area contributed by atoms with E-state index in [2.05, 4.69) is 20.1 Å². The van der Waals surface area contributed by atoms with Gasteiger partial charge in [0.05, 0.1) is 16.9 Å². The van der Waals surface area contributed by atoms with Gasteiger partial charge in [0.15, 0.2) is 10.9 Å². The number of hydrogen-bond acceptors (Lipinski definition) is 7. The molecule has 3 N–H and O–H groups in total. The number of hydrogen-bond donors (Lipinski definition) is 2. The number of benzene rings is 1. The Morgan fingerprint density at radius 2 is 1.91 bits per heavy atom. The van der Waals surface area contributed by atoms with Crippen LogP contribution >= 0.6 is 11.8 Å². The van der Waals surface area contributed by atoms with Crippen molar-refractivity contribution in [2.75, 3.05) is 12.3 Å². The zero-order valence-corrected chi connectivity index (χ0v) is 19.8. The summed E-state index contributed by atoms with van der Waals surface area (Å²) < 4.78 is 30.3. The molecule has 1 saturated carbocycles. The third-order valence-electron chi connectivity index (χ3n) is 5.67. The van der Waals surface area contributed by atoms with E-state index in [0.29, 0.717) is 30.6 Å². The number of nitrogens with zero attached hydrogens (tertiary/aromatic N) is 3. The van der Waals surface area contributed by atoms with E-state index in [1.807, 2.05) is 12.1 Å². The lowest BCUT2D eigenvalue weighted by Crippen LogP contribution is -2.27. The van der Waals surface area contributed by atoms with E-state index < -0.39 is 10.0 Å². The molecule has 1 amide bonds. The van der Waals surface area contributed by atoms with Gasteiger partial charge in [0.25, 0.3) is 0 Å². The van der Waals surface area contributed by atoms with Gasteiger partial charge in [-0.1, -0.05) is 43.2 Å². The fourth-order valence-electron chi connectivity index (χ4n) is 3.99. The molecule has 0 unspecified atom stereocenters. The van der Waals surface area contributed by atoms with Crippen molar-refractivity contribution in [2.24, 2.45) is 5.14 Å². The van der Waals surface area contributed by atoms with Crippen LogP contribution in [0.15, 0.2) is 57.1 Å². The maximum absolute atomic E-state index is 12.4. The molecule has 0 bridgehead atoms. The molecule has 0 spiro atoms. The molecular weight excluding hydrogens is 462 g/mol. The smallest absolute Gasteiger partial charge is 0.238 e. The van der Waals surface area contributed by atoms with Crippen molar-refractivity contribution < 1.29 is 17.6 Å². The first-order valence-electron chi connectivity index (χ1n) is 10.9. The van der Waals surface area contributed by atoms with Gasteiger partial charge in [-0.25, -0.2) is 13.6 Å². The maximum atomic E-state index is 12.4. The van der Waals surface area contributed by atoms with Gasteiger partial charge in [-0.05, 0) is 49.1 Å². The predicted octanol–water partition coefficient (Wildman–Crippen LogP) is 3.14. The molecule has 0 atom stereocenters. The molecule has 1 aliphatic carbocycles. The normalized spacial score (nSPS) is 14.9. The number of sulfonamides is 1. The van der Waals surface area contributed by atoms with Gasteiger partial charge >= 0.3 is 0 Å². The molecular formula is C22H27N5O4S2. The molecule has 9 nitrogen and oxygen atoms in total. The summed E-state index contributed by atoms with van der Waals surface area (Å²) in [5, 5.41) is 17.4. The summed E-state index contributed by atoms with van der Waals surface area (Å²) in [5.74, 6) is 1.52. The Hall–Kier alpha value is -2.63. The number of furan rings is 1. The van der Waals surface area contributed by atoms with Crippen molar-refractivity contribution in [3.05, 3.63) is 48.2 Å². The van der Waals surface area contributed by atoms with Gasteiger partial charge in [-0.2, -0.15) is 0 Å². The number of rotatable bonds is 9. The van der Waals surface area contributed by atoms with E-state index in [1.165, 1.54) is 43.2 Å². The summed E-state index contributed by atoms with van der Waals surface area (Å²) in [5.41, 5.74) is 0.912. The zero-order chi connectivity index (χ0) is 23.3. The predicted molar refractivity (Wildman–Crippen MR) is 125 cm³/mol. The largest absolute Gasteiger partial charge is 0.461 e. The van der Waals surface area contributed by atoms with Crippen LogP contribution in [-0.2, 0) is 21.2 Å². The third kappa shape index (κ3) is 6.04. The minimum atomic E-state index is -3.70. The first kappa shape index (κ1) is 23.5. The van der Waals surface area contributed by atoms with Gasteiger partial charge in [0, 0.05) is 12.6 Å².